The summed E-state index contributed by atoms with van der Waals surface area (Å²) in [6.07, 6.45) is -0.616. The molecule has 0 aliphatic heterocycles. The summed E-state index contributed by atoms with van der Waals surface area (Å²) >= 11 is 0. The fourth-order valence-corrected chi connectivity index (χ4v) is 2.45. The summed E-state index contributed by atoms with van der Waals surface area (Å²) in [7, 11) is 0. The Morgan fingerprint density at radius 3 is 2.47 bits per heavy atom. The zero-order valence-corrected chi connectivity index (χ0v) is 16.5. The number of rotatable bonds is 7. The number of hydrogen-bond acceptors (Lipinski definition) is 6. The van der Waals surface area contributed by atoms with Crippen molar-refractivity contribution in [1.82, 2.24) is 21.0 Å². The Labute approximate surface area is 172 Å². The third-order valence-corrected chi connectivity index (χ3v) is 4.15. The van der Waals surface area contributed by atoms with Gasteiger partial charge in [0.1, 0.15) is 11.6 Å². The molecule has 1 aromatic heterocycles. The summed E-state index contributed by atoms with van der Waals surface area (Å²) < 4.78 is 23.8. The summed E-state index contributed by atoms with van der Waals surface area (Å²) in [6, 6.07) is 12.9. The Morgan fingerprint density at radius 1 is 1.07 bits per heavy atom. The summed E-state index contributed by atoms with van der Waals surface area (Å²) in [6.45, 7) is 3.49. The smallest absolute Gasteiger partial charge is 0.279 e. The minimum atomic E-state index is -0.885. The van der Waals surface area contributed by atoms with Crippen molar-refractivity contribution in [1.29, 1.82) is 0 Å². The van der Waals surface area contributed by atoms with Crippen molar-refractivity contribution < 1.29 is 23.1 Å². The third kappa shape index (κ3) is 5.87. The minimum Gasteiger partial charge on any atom is -0.481 e. The number of nitrogens with zero attached hydrogens (tertiary/aromatic N) is 2. The molecule has 0 fully saturated rings. The molecule has 3 rings (SSSR count). The lowest BCUT2D eigenvalue weighted by atomic mass is 10.1. The predicted molar refractivity (Wildman–Crippen MR) is 106 cm³/mol. The number of aryl methyl sites for hydroxylation is 2. The molecule has 1 atom stereocenters. The maximum absolute atomic E-state index is 12.9. The number of carbonyl (C=O) groups excluding carboxylic acids is 2. The largest absolute Gasteiger partial charge is 0.481 e. The van der Waals surface area contributed by atoms with Gasteiger partial charge in [0.15, 0.2) is 6.10 Å². The standard InChI is InChI=1S/C21H21FN4O4/c1-13-3-5-15(6-4-13)21-26-24-19(30-21)12-11-18(27)23-25-20(28)14(2)29-17-9-7-16(22)8-10-17/h3-10,14H,11-12H2,1-2H3,(H,23,27)(H,25,28). The van der Waals surface area contributed by atoms with Gasteiger partial charge in [0, 0.05) is 18.4 Å². The first kappa shape index (κ1) is 21.0. The molecule has 0 radical (unpaired) electrons. The van der Waals surface area contributed by atoms with E-state index >= 15 is 0 Å². The zero-order valence-electron chi connectivity index (χ0n) is 16.5. The van der Waals surface area contributed by atoms with Gasteiger partial charge >= 0.3 is 0 Å². The number of hydrogen-bond donors (Lipinski definition) is 2. The Kier molecular flexibility index (Phi) is 6.74. The fourth-order valence-electron chi connectivity index (χ4n) is 2.45. The van der Waals surface area contributed by atoms with E-state index in [2.05, 4.69) is 21.0 Å². The molecular weight excluding hydrogens is 391 g/mol. The monoisotopic (exact) mass is 412 g/mol. The average Bonchev–Trinajstić information content (AvgIpc) is 3.21. The van der Waals surface area contributed by atoms with Gasteiger partial charge < -0.3 is 9.15 Å². The molecule has 0 bridgehead atoms. The van der Waals surface area contributed by atoms with Gasteiger partial charge in [-0.05, 0) is 50.2 Å². The molecule has 9 heteroatoms. The van der Waals surface area contributed by atoms with Crippen molar-refractivity contribution in [2.45, 2.75) is 32.8 Å². The molecule has 1 unspecified atom stereocenters. The highest BCUT2D eigenvalue weighted by molar-refractivity contribution is 5.84. The normalized spacial score (nSPS) is 11.6. The van der Waals surface area contributed by atoms with E-state index in [4.69, 9.17) is 9.15 Å². The lowest BCUT2D eigenvalue weighted by Crippen LogP contribution is -2.47. The SMILES string of the molecule is Cc1ccc(-c2nnc(CCC(=O)NNC(=O)C(C)Oc3ccc(F)cc3)o2)cc1. The van der Waals surface area contributed by atoms with Gasteiger partial charge in [0.25, 0.3) is 5.91 Å². The van der Waals surface area contributed by atoms with Crippen LogP contribution in [0.15, 0.2) is 52.9 Å². The van der Waals surface area contributed by atoms with E-state index in [1.54, 1.807) is 0 Å². The summed E-state index contributed by atoms with van der Waals surface area (Å²) in [5, 5.41) is 7.91. The molecule has 0 aliphatic rings. The van der Waals surface area contributed by atoms with Crippen LogP contribution in [0.2, 0.25) is 0 Å². The van der Waals surface area contributed by atoms with E-state index in [1.165, 1.54) is 31.2 Å². The van der Waals surface area contributed by atoms with Crippen molar-refractivity contribution in [2.24, 2.45) is 0 Å². The molecule has 8 nitrogen and oxygen atoms in total. The zero-order chi connectivity index (χ0) is 21.5. The maximum Gasteiger partial charge on any atom is 0.279 e. The van der Waals surface area contributed by atoms with E-state index in [9.17, 15) is 14.0 Å². The van der Waals surface area contributed by atoms with E-state index in [-0.39, 0.29) is 12.8 Å². The highest BCUT2D eigenvalue weighted by Gasteiger charge is 2.16. The molecular formula is C21H21FN4O4. The van der Waals surface area contributed by atoms with Crippen LogP contribution in [0, 0.1) is 12.7 Å². The van der Waals surface area contributed by atoms with Crippen LogP contribution in [0.3, 0.4) is 0 Å². The van der Waals surface area contributed by atoms with Gasteiger partial charge in [-0.3, -0.25) is 20.4 Å². The molecule has 3 aromatic rings. The fraction of sp³-hybridized carbons (Fsp3) is 0.238. The van der Waals surface area contributed by atoms with Crippen molar-refractivity contribution in [2.75, 3.05) is 0 Å². The van der Waals surface area contributed by atoms with Crippen LogP contribution in [0.5, 0.6) is 5.75 Å². The third-order valence-electron chi connectivity index (χ3n) is 4.15. The van der Waals surface area contributed by atoms with Gasteiger partial charge in [-0.1, -0.05) is 17.7 Å². The van der Waals surface area contributed by atoms with Gasteiger partial charge in [-0.25, -0.2) is 4.39 Å². The second kappa shape index (κ2) is 9.64. The van der Waals surface area contributed by atoms with Crippen molar-refractivity contribution in [3.05, 3.63) is 65.8 Å². The van der Waals surface area contributed by atoms with E-state index in [0.29, 0.717) is 17.5 Å². The number of halogens is 1. The molecule has 0 saturated heterocycles. The molecule has 0 spiro atoms. The van der Waals surface area contributed by atoms with Crippen LogP contribution >= 0.6 is 0 Å². The summed E-state index contributed by atoms with van der Waals surface area (Å²) in [5.74, 6) is -0.338. The number of hydrazine groups is 1. The highest BCUT2D eigenvalue weighted by atomic mass is 19.1. The van der Waals surface area contributed by atoms with Gasteiger partial charge in [-0.15, -0.1) is 10.2 Å². The van der Waals surface area contributed by atoms with Crippen molar-refractivity contribution >= 4 is 11.8 Å². The first-order chi connectivity index (χ1) is 14.4. The predicted octanol–water partition coefficient (Wildman–Crippen LogP) is 2.73. The van der Waals surface area contributed by atoms with Crippen molar-refractivity contribution in [3.8, 4) is 17.2 Å². The number of nitrogens with one attached hydrogen (secondary N) is 2. The summed E-state index contributed by atoms with van der Waals surface area (Å²) in [4.78, 5) is 24.0. The number of carbonyl (C=O) groups is 2. The topological polar surface area (TPSA) is 106 Å². The minimum absolute atomic E-state index is 0.0447. The lowest BCUT2D eigenvalue weighted by molar-refractivity contribution is -0.132. The van der Waals surface area contributed by atoms with Gasteiger partial charge in [-0.2, -0.15) is 0 Å². The second-order valence-corrected chi connectivity index (χ2v) is 6.62. The average molecular weight is 412 g/mol. The number of ether oxygens (including phenoxy) is 1. The molecule has 156 valence electrons. The lowest BCUT2D eigenvalue weighted by Gasteiger charge is -2.15. The van der Waals surface area contributed by atoms with Crippen LogP contribution in [-0.4, -0.2) is 28.1 Å². The summed E-state index contributed by atoms with van der Waals surface area (Å²) in [5.41, 5.74) is 6.50. The molecule has 0 aliphatic carbocycles. The molecule has 2 aromatic carbocycles. The molecule has 2 N–H and O–H groups in total. The Balaban J connectivity index is 1.42. The van der Waals surface area contributed by atoms with E-state index < -0.39 is 23.7 Å². The van der Waals surface area contributed by atoms with Crippen LogP contribution in [0.4, 0.5) is 4.39 Å². The molecule has 2 amide bonds. The number of benzene rings is 2. The number of aromatic nitrogens is 2. The molecule has 1 heterocycles. The highest BCUT2D eigenvalue weighted by Crippen LogP contribution is 2.18. The molecule has 0 saturated carbocycles. The first-order valence-electron chi connectivity index (χ1n) is 9.31. The Bertz CT molecular complexity index is 1000. The first-order valence-corrected chi connectivity index (χ1v) is 9.31. The van der Waals surface area contributed by atoms with E-state index in [1.807, 2.05) is 31.2 Å². The van der Waals surface area contributed by atoms with Crippen LogP contribution in [0.25, 0.3) is 11.5 Å². The van der Waals surface area contributed by atoms with Crippen LogP contribution < -0.4 is 15.6 Å². The van der Waals surface area contributed by atoms with Gasteiger partial charge in [0.05, 0.1) is 0 Å². The number of amides is 2. The van der Waals surface area contributed by atoms with Crippen LogP contribution in [-0.2, 0) is 16.0 Å². The maximum atomic E-state index is 12.9. The van der Waals surface area contributed by atoms with E-state index in [0.717, 1.165) is 11.1 Å². The Hall–Kier alpha value is -3.75. The second-order valence-electron chi connectivity index (χ2n) is 6.62. The Morgan fingerprint density at radius 2 is 1.77 bits per heavy atom. The quantitative estimate of drug-likeness (QED) is 0.578. The van der Waals surface area contributed by atoms with Gasteiger partial charge in [0.2, 0.25) is 17.7 Å². The van der Waals surface area contributed by atoms with Crippen molar-refractivity contribution in [3.63, 3.8) is 0 Å². The van der Waals surface area contributed by atoms with Crippen LogP contribution in [0.1, 0.15) is 24.8 Å². The molecule has 30 heavy (non-hydrogen) atoms.